The molecule has 0 radical (unpaired) electrons. The van der Waals surface area contributed by atoms with E-state index >= 15 is 0 Å². The van der Waals surface area contributed by atoms with E-state index in [9.17, 15) is 9.59 Å². The topological polar surface area (TPSA) is 97.1 Å². The van der Waals surface area contributed by atoms with Crippen molar-refractivity contribution in [1.29, 1.82) is 0 Å². The van der Waals surface area contributed by atoms with Crippen LogP contribution in [0.4, 0.5) is 10.8 Å². The molecule has 2 heterocycles. The van der Waals surface area contributed by atoms with Crippen LogP contribution in [0.1, 0.15) is 26.6 Å². The lowest BCUT2D eigenvalue weighted by molar-refractivity contribution is -0.115. The van der Waals surface area contributed by atoms with Gasteiger partial charge in [0, 0.05) is 11.1 Å². The van der Waals surface area contributed by atoms with E-state index in [0.29, 0.717) is 32.7 Å². The van der Waals surface area contributed by atoms with Crippen molar-refractivity contribution in [2.75, 3.05) is 10.6 Å². The van der Waals surface area contributed by atoms with Crippen LogP contribution in [-0.4, -0.2) is 22.0 Å². The first kappa shape index (κ1) is 18.8. The van der Waals surface area contributed by atoms with Gasteiger partial charge >= 0.3 is 0 Å². The number of nitrogens with zero attached hydrogens (tertiary/aromatic N) is 2. The van der Waals surface area contributed by atoms with E-state index in [1.807, 2.05) is 43.3 Å². The largest absolute Gasteiger partial charge is 0.356 e. The molecule has 0 bridgehead atoms. The Kier molecular flexibility index (Phi) is 5.09. The number of aryl methyl sites for hydroxylation is 2. The van der Waals surface area contributed by atoms with Gasteiger partial charge in [0.25, 0.3) is 5.91 Å². The summed E-state index contributed by atoms with van der Waals surface area (Å²) in [7, 11) is 0. The average Bonchev–Trinajstić information content (AvgIpc) is 3.25. The highest BCUT2D eigenvalue weighted by Crippen LogP contribution is 2.25. The third-order valence-corrected chi connectivity index (χ3v) is 5.38. The van der Waals surface area contributed by atoms with Crippen LogP contribution in [0.2, 0.25) is 0 Å². The Balaban J connectivity index is 1.45. The Morgan fingerprint density at radius 3 is 2.66 bits per heavy atom. The smallest absolute Gasteiger partial charge is 0.267 e. The van der Waals surface area contributed by atoms with Crippen LogP contribution >= 0.6 is 11.3 Å². The SMILES string of the molecule is Cc1ccc2onc(CC(=O)Nc3nc(C)c(C(=O)Nc4ccccc4)s3)c2c1. The van der Waals surface area contributed by atoms with E-state index in [-0.39, 0.29) is 18.2 Å². The second-order valence-electron chi connectivity index (χ2n) is 6.61. The molecule has 29 heavy (non-hydrogen) atoms. The highest BCUT2D eigenvalue weighted by Gasteiger charge is 2.18. The van der Waals surface area contributed by atoms with Gasteiger partial charge in [0.05, 0.1) is 12.1 Å². The van der Waals surface area contributed by atoms with Gasteiger partial charge in [-0.25, -0.2) is 4.98 Å². The first-order valence-corrected chi connectivity index (χ1v) is 9.80. The Hall–Kier alpha value is -3.52. The summed E-state index contributed by atoms with van der Waals surface area (Å²) in [6, 6.07) is 14.9. The normalized spacial score (nSPS) is 10.8. The number of hydrogen-bond acceptors (Lipinski definition) is 6. The molecule has 0 saturated carbocycles. The average molecular weight is 406 g/mol. The Morgan fingerprint density at radius 1 is 1.07 bits per heavy atom. The van der Waals surface area contributed by atoms with Crippen LogP contribution in [0.3, 0.4) is 0 Å². The number of carbonyl (C=O) groups excluding carboxylic acids is 2. The molecule has 0 atom stereocenters. The molecule has 0 unspecified atom stereocenters. The molecule has 2 aromatic carbocycles. The van der Waals surface area contributed by atoms with E-state index in [0.717, 1.165) is 22.3 Å². The van der Waals surface area contributed by atoms with Crippen molar-refractivity contribution in [2.45, 2.75) is 20.3 Å². The first-order chi connectivity index (χ1) is 14.0. The predicted octanol–water partition coefficient (Wildman–Crippen LogP) is 4.33. The van der Waals surface area contributed by atoms with E-state index in [4.69, 9.17) is 4.52 Å². The summed E-state index contributed by atoms with van der Waals surface area (Å²) in [5, 5.41) is 10.8. The van der Waals surface area contributed by atoms with Gasteiger partial charge in [-0.1, -0.05) is 46.3 Å². The fraction of sp³-hybridized carbons (Fsp3) is 0.143. The van der Waals surface area contributed by atoms with Crippen LogP contribution in [-0.2, 0) is 11.2 Å². The number of hydrogen-bond donors (Lipinski definition) is 2. The molecule has 4 aromatic rings. The number of thiazole rings is 1. The molecule has 0 aliphatic heterocycles. The fourth-order valence-electron chi connectivity index (χ4n) is 2.92. The second-order valence-corrected chi connectivity index (χ2v) is 7.61. The van der Waals surface area contributed by atoms with Crippen LogP contribution in [0.5, 0.6) is 0 Å². The minimum atomic E-state index is -0.273. The van der Waals surface area contributed by atoms with Crippen LogP contribution in [0.15, 0.2) is 53.1 Å². The van der Waals surface area contributed by atoms with Crippen molar-refractivity contribution in [2.24, 2.45) is 0 Å². The summed E-state index contributed by atoms with van der Waals surface area (Å²) in [4.78, 5) is 29.7. The van der Waals surface area contributed by atoms with Crippen molar-refractivity contribution in [3.05, 3.63) is 70.4 Å². The molecule has 0 fully saturated rings. The van der Waals surface area contributed by atoms with Gasteiger partial charge in [0.15, 0.2) is 10.7 Å². The lowest BCUT2D eigenvalue weighted by Crippen LogP contribution is -2.14. The second kappa shape index (κ2) is 7.84. The van der Waals surface area contributed by atoms with Gasteiger partial charge in [-0.15, -0.1) is 0 Å². The molecule has 8 heteroatoms. The molecule has 146 valence electrons. The monoisotopic (exact) mass is 406 g/mol. The summed E-state index contributed by atoms with van der Waals surface area (Å²) >= 11 is 1.13. The zero-order valence-electron chi connectivity index (χ0n) is 15.9. The van der Waals surface area contributed by atoms with Crippen LogP contribution in [0, 0.1) is 13.8 Å². The number of rotatable bonds is 5. The van der Waals surface area contributed by atoms with Crippen molar-refractivity contribution in [3.63, 3.8) is 0 Å². The molecule has 2 N–H and O–H groups in total. The van der Waals surface area contributed by atoms with E-state index in [1.165, 1.54) is 0 Å². The molecular formula is C21H18N4O3S. The van der Waals surface area contributed by atoms with Gasteiger partial charge in [-0.05, 0) is 38.1 Å². The third kappa shape index (κ3) is 4.17. The molecule has 2 aromatic heterocycles. The standard InChI is InChI=1S/C21H18N4O3S/c1-12-8-9-17-15(10-12)16(25-28-17)11-18(26)24-21-22-13(2)19(29-21)20(27)23-14-6-4-3-5-7-14/h3-10H,11H2,1-2H3,(H,23,27)(H,22,24,26). The molecular weight excluding hydrogens is 388 g/mol. The highest BCUT2D eigenvalue weighted by molar-refractivity contribution is 7.17. The summed E-state index contributed by atoms with van der Waals surface area (Å²) < 4.78 is 5.27. The number of amides is 2. The quantitative estimate of drug-likeness (QED) is 0.514. The van der Waals surface area contributed by atoms with Gasteiger partial charge in [0.2, 0.25) is 5.91 Å². The zero-order chi connectivity index (χ0) is 20.4. The van der Waals surface area contributed by atoms with Gasteiger partial charge in [-0.3, -0.25) is 9.59 Å². The van der Waals surface area contributed by atoms with Crippen molar-refractivity contribution >= 4 is 44.9 Å². The van der Waals surface area contributed by atoms with E-state index < -0.39 is 0 Å². The maximum absolute atomic E-state index is 12.5. The molecule has 4 rings (SSSR count). The number of para-hydroxylation sites is 1. The van der Waals surface area contributed by atoms with Gasteiger partial charge < -0.3 is 15.2 Å². The molecule has 0 saturated heterocycles. The summed E-state index contributed by atoms with van der Waals surface area (Å²) in [6.45, 7) is 3.70. The van der Waals surface area contributed by atoms with Gasteiger partial charge in [-0.2, -0.15) is 0 Å². The number of anilines is 2. The minimum Gasteiger partial charge on any atom is -0.356 e. The number of aromatic nitrogens is 2. The summed E-state index contributed by atoms with van der Waals surface area (Å²) in [5.74, 6) is -0.532. The molecule has 7 nitrogen and oxygen atoms in total. The van der Waals surface area contributed by atoms with Crippen molar-refractivity contribution in [1.82, 2.24) is 10.1 Å². The van der Waals surface area contributed by atoms with E-state index in [1.54, 1.807) is 19.1 Å². The van der Waals surface area contributed by atoms with E-state index in [2.05, 4.69) is 20.8 Å². The van der Waals surface area contributed by atoms with Crippen molar-refractivity contribution < 1.29 is 14.1 Å². The minimum absolute atomic E-state index is 0.0562. The summed E-state index contributed by atoms with van der Waals surface area (Å²) in [5.41, 5.74) is 3.53. The third-order valence-electron chi connectivity index (χ3n) is 4.31. The Bertz CT molecular complexity index is 1200. The predicted molar refractivity (Wildman–Crippen MR) is 112 cm³/mol. The zero-order valence-corrected chi connectivity index (χ0v) is 16.7. The fourth-order valence-corrected chi connectivity index (χ4v) is 3.79. The van der Waals surface area contributed by atoms with Crippen LogP contribution in [0.25, 0.3) is 11.0 Å². The molecule has 2 amide bonds. The maximum Gasteiger partial charge on any atom is 0.267 e. The lowest BCUT2D eigenvalue weighted by Gasteiger charge is -2.03. The number of benzene rings is 2. The highest BCUT2D eigenvalue weighted by atomic mass is 32.1. The number of fused-ring (bicyclic) bond motifs is 1. The first-order valence-electron chi connectivity index (χ1n) is 8.98. The Morgan fingerprint density at radius 2 is 1.86 bits per heavy atom. The van der Waals surface area contributed by atoms with Crippen LogP contribution < -0.4 is 10.6 Å². The lowest BCUT2D eigenvalue weighted by atomic mass is 10.1. The number of nitrogens with one attached hydrogen (secondary N) is 2. The molecule has 0 aliphatic rings. The maximum atomic E-state index is 12.5. The van der Waals surface area contributed by atoms with Crippen molar-refractivity contribution in [3.8, 4) is 0 Å². The molecule has 0 spiro atoms. The van der Waals surface area contributed by atoms with Gasteiger partial charge in [0.1, 0.15) is 10.6 Å². The molecule has 0 aliphatic carbocycles. The number of carbonyl (C=O) groups is 2. The summed E-state index contributed by atoms with van der Waals surface area (Å²) in [6.07, 6.45) is 0.0562. The Labute approximate surface area is 170 Å².